The maximum Gasteiger partial charge on any atom is 0.270 e. The second kappa shape index (κ2) is 6.16. The average molecular weight is 365 g/mol. The average Bonchev–Trinajstić information content (AvgIpc) is 3.17. The van der Waals surface area contributed by atoms with Gasteiger partial charge in [-0.1, -0.05) is 24.9 Å². The number of aromatic nitrogens is 3. The molecule has 1 aliphatic rings. The molecule has 22 heavy (non-hydrogen) atoms. The highest BCUT2D eigenvalue weighted by molar-refractivity contribution is 9.10. The van der Waals surface area contributed by atoms with Crippen LogP contribution in [0.15, 0.2) is 27.3 Å². The van der Waals surface area contributed by atoms with Gasteiger partial charge in [0.2, 0.25) is 5.89 Å². The van der Waals surface area contributed by atoms with E-state index in [2.05, 4.69) is 36.4 Å². The predicted octanol–water partition coefficient (Wildman–Crippen LogP) is 2.99. The fourth-order valence-corrected chi connectivity index (χ4v) is 3.00. The Balaban J connectivity index is 1.85. The van der Waals surface area contributed by atoms with Gasteiger partial charge < -0.3 is 9.84 Å². The third-order valence-electron chi connectivity index (χ3n) is 3.97. The van der Waals surface area contributed by atoms with Gasteiger partial charge in [-0.2, -0.15) is 4.98 Å². The van der Waals surface area contributed by atoms with Gasteiger partial charge >= 0.3 is 0 Å². The number of hydrogen-bond donors (Lipinski definition) is 1. The van der Waals surface area contributed by atoms with Gasteiger partial charge in [0.15, 0.2) is 5.82 Å². The summed E-state index contributed by atoms with van der Waals surface area (Å²) in [5.41, 5.74) is -0.156. The molecule has 1 fully saturated rings. The number of carbonyl (C=O) groups excluding carboxylic acids is 1. The fourth-order valence-electron chi connectivity index (χ4n) is 2.77. The number of hydrogen-bond acceptors (Lipinski definition) is 5. The van der Waals surface area contributed by atoms with E-state index in [1.807, 2.05) is 6.92 Å². The molecule has 116 valence electrons. The molecule has 0 saturated heterocycles. The molecular weight excluding hydrogens is 348 g/mol. The molecule has 7 heteroatoms. The summed E-state index contributed by atoms with van der Waals surface area (Å²) in [5.74, 6) is 0.960. The van der Waals surface area contributed by atoms with E-state index in [1.165, 1.54) is 0 Å². The van der Waals surface area contributed by atoms with E-state index in [4.69, 9.17) is 4.52 Å². The monoisotopic (exact) mass is 364 g/mol. The Morgan fingerprint density at radius 2 is 2.18 bits per heavy atom. The van der Waals surface area contributed by atoms with Crippen LogP contribution in [0.25, 0.3) is 0 Å². The van der Waals surface area contributed by atoms with Crippen molar-refractivity contribution in [3.05, 3.63) is 40.2 Å². The molecule has 0 aliphatic heterocycles. The number of rotatable bonds is 4. The molecule has 0 aromatic carbocycles. The molecule has 0 bridgehead atoms. The molecule has 2 heterocycles. The summed E-state index contributed by atoms with van der Waals surface area (Å²) in [4.78, 5) is 21.1. The molecule has 1 N–H and O–H groups in total. The van der Waals surface area contributed by atoms with Crippen LogP contribution in [0.1, 0.15) is 54.8 Å². The number of nitrogens with one attached hydrogen (secondary N) is 1. The first-order chi connectivity index (χ1) is 10.6. The molecule has 3 rings (SSSR count). The zero-order valence-electron chi connectivity index (χ0n) is 12.3. The Morgan fingerprint density at radius 1 is 1.41 bits per heavy atom. The molecule has 0 atom stereocenters. The summed E-state index contributed by atoms with van der Waals surface area (Å²) in [6, 6.07) is 3.49. The minimum atomic E-state index is -0.539. The van der Waals surface area contributed by atoms with E-state index in [0.29, 0.717) is 23.8 Å². The molecule has 0 unspecified atom stereocenters. The lowest BCUT2D eigenvalue weighted by Gasteiger charge is -2.26. The number of pyridine rings is 1. The van der Waals surface area contributed by atoms with Crippen molar-refractivity contribution in [2.45, 2.75) is 44.6 Å². The Bertz CT molecular complexity index is 662. The normalized spacial score (nSPS) is 16.6. The summed E-state index contributed by atoms with van der Waals surface area (Å²) < 4.78 is 6.06. The van der Waals surface area contributed by atoms with Gasteiger partial charge in [0.25, 0.3) is 5.91 Å². The highest BCUT2D eigenvalue weighted by Gasteiger charge is 2.41. The fraction of sp³-hybridized carbons (Fsp3) is 0.467. The minimum absolute atomic E-state index is 0.211. The van der Waals surface area contributed by atoms with E-state index in [9.17, 15) is 4.79 Å². The first-order valence-electron chi connectivity index (χ1n) is 7.40. The summed E-state index contributed by atoms with van der Waals surface area (Å²) in [6.07, 6.45) is 6.00. The highest BCUT2D eigenvalue weighted by atomic mass is 79.9. The Hall–Kier alpha value is -1.76. The van der Waals surface area contributed by atoms with Crippen molar-refractivity contribution < 1.29 is 9.32 Å². The maximum absolute atomic E-state index is 12.5. The second-order valence-corrected chi connectivity index (χ2v) is 6.39. The third-order valence-corrected chi connectivity index (χ3v) is 4.44. The van der Waals surface area contributed by atoms with E-state index in [0.717, 1.165) is 30.2 Å². The minimum Gasteiger partial charge on any atom is -0.339 e. The molecule has 0 radical (unpaired) electrons. The smallest absolute Gasteiger partial charge is 0.270 e. The standard InChI is InChI=1S/C15H17BrN4O2/c1-2-12-18-14(20-22-12)15(7-3-4-8-15)19-13(21)11-6-5-10(16)9-17-11/h5-6,9H,2-4,7-8H2,1H3,(H,19,21). The SMILES string of the molecule is CCc1nc(C2(NC(=O)c3ccc(Br)cn3)CCCC2)no1. The van der Waals surface area contributed by atoms with Crippen LogP contribution in [0.4, 0.5) is 0 Å². The molecular formula is C15H17BrN4O2. The van der Waals surface area contributed by atoms with Crippen molar-refractivity contribution in [1.29, 1.82) is 0 Å². The van der Waals surface area contributed by atoms with Crippen molar-refractivity contribution in [3.8, 4) is 0 Å². The molecule has 0 spiro atoms. The van der Waals surface area contributed by atoms with Gasteiger partial charge in [0.1, 0.15) is 11.2 Å². The van der Waals surface area contributed by atoms with Gasteiger partial charge in [-0.15, -0.1) is 0 Å². The number of nitrogens with zero attached hydrogens (tertiary/aromatic N) is 3. The van der Waals surface area contributed by atoms with E-state index < -0.39 is 5.54 Å². The molecule has 2 aromatic heterocycles. The lowest BCUT2D eigenvalue weighted by molar-refractivity contribution is 0.0886. The number of amides is 1. The third kappa shape index (κ3) is 2.90. The van der Waals surface area contributed by atoms with Gasteiger partial charge in [0, 0.05) is 17.1 Å². The van der Waals surface area contributed by atoms with Crippen LogP contribution in [-0.2, 0) is 12.0 Å². The quantitative estimate of drug-likeness (QED) is 0.901. The van der Waals surface area contributed by atoms with Crippen LogP contribution in [0, 0.1) is 0 Å². The number of aryl methyl sites for hydroxylation is 1. The van der Waals surface area contributed by atoms with Gasteiger partial charge in [-0.25, -0.2) is 4.98 Å². The Kier molecular flexibility index (Phi) is 4.24. The molecule has 1 aliphatic carbocycles. The lowest BCUT2D eigenvalue weighted by atomic mass is 9.96. The summed E-state index contributed by atoms with van der Waals surface area (Å²) in [6.45, 7) is 1.96. The van der Waals surface area contributed by atoms with E-state index >= 15 is 0 Å². The van der Waals surface area contributed by atoms with Crippen molar-refractivity contribution in [2.75, 3.05) is 0 Å². The molecule has 1 amide bonds. The first-order valence-corrected chi connectivity index (χ1v) is 8.19. The summed E-state index contributed by atoms with van der Waals surface area (Å²) >= 11 is 3.31. The number of carbonyl (C=O) groups is 1. The topological polar surface area (TPSA) is 80.9 Å². The van der Waals surface area contributed by atoms with Crippen LogP contribution >= 0.6 is 15.9 Å². The number of halogens is 1. The van der Waals surface area contributed by atoms with Crippen LogP contribution in [0.5, 0.6) is 0 Å². The van der Waals surface area contributed by atoms with Crippen molar-refractivity contribution in [1.82, 2.24) is 20.4 Å². The zero-order chi connectivity index (χ0) is 15.6. The first kappa shape index (κ1) is 15.1. The largest absolute Gasteiger partial charge is 0.339 e. The van der Waals surface area contributed by atoms with Gasteiger partial charge in [-0.3, -0.25) is 4.79 Å². The zero-order valence-corrected chi connectivity index (χ0v) is 13.9. The second-order valence-electron chi connectivity index (χ2n) is 5.47. The van der Waals surface area contributed by atoms with Crippen molar-refractivity contribution in [2.24, 2.45) is 0 Å². The van der Waals surface area contributed by atoms with Crippen molar-refractivity contribution >= 4 is 21.8 Å². The predicted molar refractivity (Wildman–Crippen MR) is 83.2 cm³/mol. The van der Waals surface area contributed by atoms with E-state index in [1.54, 1.807) is 18.3 Å². The molecule has 6 nitrogen and oxygen atoms in total. The Morgan fingerprint density at radius 3 is 2.77 bits per heavy atom. The molecule has 1 saturated carbocycles. The summed E-state index contributed by atoms with van der Waals surface area (Å²) in [7, 11) is 0. The van der Waals surface area contributed by atoms with E-state index in [-0.39, 0.29) is 5.91 Å². The Labute approximate surface area is 136 Å². The van der Waals surface area contributed by atoms with Crippen LogP contribution in [-0.4, -0.2) is 21.0 Å². The summed E-state index contributed by atoms with van der Waals surface area (Å²) in [5, 5.41) is 7.15. The van der Waals surface area contributed by atoms with Crippen LogP contribution in [0.2, 0.25) is 0 Å². The molecule has 2 aromatic rings. The maximum atomic E-state index is 12.5. The van der Waals surface area contributed by atoms with Crippen molar-refractivity contribution in [3.63, 3.8) is 0 Å². The van der Waals surface area contributed by atoms with Crippen LogP contribution in [0.3, 0.4) is 0 Å². The van der Waals surface area contributed by atoms with Gasteiger partial charge in [0.05, 0.1) is 0 Å². The van der Waals surface area contributed by atoms with Gasteiger partial charge in [-0.05, 0) is 40.9 Å². The lowest BCUT2D eigenvalue weighted by Crippen LogP contribution is -2.45. The van der Waals surface area contributed by atoms with Crippen LogP contribution < -0.4 is 5.32 Å². The highest BCUT2D eigenvalue weighted by Crippen LogP contribution is 2.37.